The maximum atomic E-state index is 13.1. The van der Waals surface area contributed by atoms with Crippen LogP contribution in [0, 0.1) is 17.0 Å². The molecule has 2 aromatic carbocycles. The Morgan fingerprint density at radius 1 is 1.21 bits per heavy atom. The maximum Gasteiger partial charge on any atom is 0.311 e. The van der Waals surface area contributed by atoms with E-state index in [0.29, 0.717) is 6.54 Å². The molecule has 0 saturated carbocycles. The van der Waals surface area contributed by atoms with Gasteiger partial charge in [0.15, 0.2) is 6.61 Å². The van der Waals surface area contributed by atoms with Gasteiger partial charge in [-0.05, 0) is 37.5 Å². The molecule has 1 atom stereocenters. The first-order valence-corrected chi connectivity index (χ1v) is 10.8. The SMILES string of the molecule is CCCCNC(=O)C(C)N(Cc1ccccc1C)C(=O)COc1ccc([N+](=O)[O-])c(OC)c1. The lowest BCUT2D eigenvalue weighted by Crippen LogP contribution is -2.49. The highest BCUT2D eigenvalue weighted by molar-refractivity contribution is 5.88. The second-order valence-electron chi connectivity index (χ2n) is 7.65. The first-order chi connectivity index (χ1) is 15.8. The van der Waals surface area contributed by atoms with E-state index in [1.165, 1.54) is 30.2 Å². The number of unbranched alkanes of at least 4 members (excludes halogenated alkanes) is 1. The van der Waals surface area contributed by atoms with E-state index >= 15 is 0 Å². The van der Waals surface area contributed by atoms with Gasteiger partial charge in [-0.3, -0.25) is 19.7 Å². The molecule has 178 valence electrons. The van der Waals surface area contributed by atoms with Crippen molar-refractivity contribution in [2.75, 3.05) is 20.3 Å². The summed E-state index contributed by atoms with van der Waals surface area (Å²) < 4.78 is 10.6. The van der Waals surface area contributed by atoms with Crippen LogP contribution in [0.5, 0.6) is 11.5 Å². The lowest BCUT2D eigenvalue weighted by Gasteiger charge is -2.29. The number of nitro benzene ring substituents is 1. The molecule has 2 rings (SSSR count). The first kappa shape index (κ1) is 25.6. The fourth-order valence-electron chi connectivity index (χ4n) is 3.22. The van der Waals surface area contributed by atoms with Gasteiger partial charge in [-0.15, -0.1) is 0 Å². The molecule has 0 aliphatic carbocycles. The Morgan fingerprint density at radius 2 is 1.94 bits per heavy atom. The third-order valence-electron chi connectivity index (χ3n) is 5.31. The number of carbonyl (C=O) groups is 2. The molecule has 0 saturated heterocycles. The minimum absolute atomic E-state index is 0.0328. The number of nitrogens with zero attached hydrogens (tertiary/aromatic N) is 2. The topological polar surface area (TPSA) is 111 Å². The number of hydrogen-bond donors (Lipinski definition) is 1. The van der Waals surface area contributed by atoms with Crippen LogP contribution in [0.2, 0.25) is 0 Å². The summed E-state index contributed by atoms with van der Waals surface area (Å²) in [5.74, 6) is -0.330. The Labute approximate surface area is 193 Å². The number of nitro groups is 1. The predicted octanol–water partition coefficient (Wildman–Crippen LogP) is 3.62. The lowest BCUT2D eigenvalue weighted by atomic mass is 10.1. The number of nitrogens with one attached hydrogen (secondary N) is 1. The third-order valence-corrected chi connectivity index (χ3v) is 5.31. The molecular weight excluding hydrogens is 426 g/mol. The third kappa shape index (κ3) is 7.20. The summed E-state index contributed by atoms with van der Waals surface area (Å²) >= 11 is 0. The molecule has 0 radical (unpaired) electrons. The van der Waals surface area contributed by atoms with Crippen LogP contribution >= 0.6 is 0 Å². The number of aryl methyl sites for hydroxylation is 1. The molecule has 1 unspecified atom stereocenters. The van der Waals surface area contributed by atoms with Crippen LogP contribution in [0.4, 0.5) is 5.69 Å². The highest BCUT2D eigenvalue weighted by Gasteiger charge is 2.27. The number of hydrogen-bond acceptors (Lipinski definition) is 6. The van der Waals surface area contributed by atoms with E-state index < -0.39 is 11.0 Å². The van der Waals surface area contributed by atoms with Crippen molar-refractivity contribution in [1.82, 2.24) is 10.2 Å². The molecule has 0 aliphatic heterocycles. The monoisotopic (exact) mass is 457 g/mol. The standard InChI is InChI=1S/C24H31N3O6/c1-5-6-13-25-24(29)18(3)26(15-19-10-8-7-9-17(19)2)23(28)16-33-20-11-12-21(27(30)31)22(14-20)32-4/h7-12,14,18H,5-6,13,15-16H2,1-4H3,(H,25,29). The molecular formula is C24H31N3O6. The van der Waals surface area contributed by atoms with Gasteiger partial charge in [0.25, 0.3) is 5.91 Å². The summed E-state index contributed by atoms with van der Waals surface area (Å²) in [6.45, 7) is 6.13. The fraction of sp³-hybridized carbons (Fsp3) is 0.417. The van der Waals surface area contributed by atoms with E-state index in [1.54, 1.807) is 6.92 Å². The Kier molecular flexibility index (Phi) is 9.65. The minimum atomic E-state index is -0.705. The molecule has 2 amide bonds. The lowest BCUT2D eigenvalue weighted by molar-refractivity contribution is -0.385. The van der Waals surface area contributed by atoms with E-state index in [-0.39, 0.29) is 42.2 Å². The van der Waals surface area contributed by atoms with Crippen molar-refractivity contribution in [3.05, 3.63) is 63.7 Å². The Bertz CT molecular complexity index is 978. The van der Waals surface area contributed by atoms with Gasteiger partial charge in [0, 0.05) is 25.2 Å². The summed E-state index contributed by atoms with van der Waals surface area (Å²) in [6, 6.07) is 11.0. The number of amides is 2. The van der Waals surface area contributed by atoms with Crippen LogP contribution in [0.3, 0.4) is 0 Å². The van der Waals surface area contributed by atoms with Crippen molar-refractivity contribution in [3.63, 3.8) is 0 Å². The van der Waals surface area contributed by atoms with Gasteiger partial charge in [0.2, 0.25) is 11.7 Å². The van der Waals surface area contributed by atoms with Crippen molar-refractivity contribution >= 4 is 17.5 Å². The van der Waals surface area contributed by atoms with E-state index in [2.05, 4.69) is 5.32 Å². The van der Waals surface area contributed by atoms with E-state index in [4.69, 9.17) is 9.47 Å². The Balaban J connectivity index is 2.18. The van der Waals surface area contributed by atoms with Crippen LogP contribution < -0.4 is 14.8 Å². The number of ether oxygens (including phenoxy) is 2. The van der Waals surface area contributed by atoms with Gasteiger partial charge in [-0.25, -0.2) is 0 Å². The molecule has 9 nitrogen and oxygen atoms in total. The van der Waals surface area contributed by atoms with Crippen LogP contribution in [0.25, 0.3) is 0 Å². The van der Waals surface area contributed by atoms with Crippen molar-refractivity contribution in [3.8, 4) is 11.5 Å². The largest absolute Gasteiger partial charge is 0.490 e. The highest BCUT2D eigenvalue weighted by atomic mass is 16.6. The number of benzene rings is 2. The first-order valence-electron chi connectivity index (χ1n) is 10.8. The smallest absolute Gasteiger partial charge is 0.311 e. The molecule has 0 aromatic heterocycles. The van der Waals surface area contributed by atoms with Crippen molar-refractivity contribution < 1.29 is 24.0 Å². The number of carbonyl (C=O) groups excluding carboxylic acids is 2. The normalized spacial score (nSPS) is 11.4. The molecule has 0 fully saturated rings. The molecule has 2 aromatic rings. The molecule has 0 heterocycles. The molecule has 0 aliphatic rings. The van der Waals surface area contributed by atoms with Crippen LogP contribution in [-0.4, -0.2) is 47.9 Å². The summed E-state index contributed by atoms with van der Waals surface area (Å²) in [4.78, 5) is 37.8. The zero-order valence-electron chi connectivity index (χ0n) is 19.5. The quantitative estimate of drug-likeness (QED) is 0.296. The summed E-state index contributed by atoms with van der Waals surface area (Å²) in [5, 5.41) is 13.9. The minimum Gasteiger partial charge on any atom is -0.490 e. The van der Waals surface area contributed by atoms with Gasteiger partial charge in [-0.2, -0.15) is 0 Å². The van der Waals surface area contributed by atoms with E-state index in [1.807, 2.05) is 38.1 Å². The van der Waals surface area contributed by atoms with E-state index in [0.717, 1.165) is 24.0 Å². The average molecular weight is 458 g/mol. The van der Waals surface area contributed by atoms with Crippen molar-refractivity contribution in [2.45, 2.75) is 46.2 Å². The highest BCUT2D eigenvalue weighted by Crippen LogP contribution is 2.30. The molecule has 0 bridgehead atoms. The molecule has 33 heavy (non-hydrogen) atoms. The van der Waals surface area contributed by atoms with Gasteiger partial charge < -0.3 is 19.7 Å². The second-order valence-corrected chi connectivity index (χ2v) is 7.65. The number of rotatable bonds is 12. The fourth-order valence-corrected chi connectivity index (χ4v) is 3.22. The van der Waals surface area contributed by atoms with Gasteiger partial charge in [0.1, 0.15) is 11.8 Å². The van der Waals surface area contributed by atoms with Crippen molar-refractivity contribution in [2.24, 2.45) is 0 Å². The molecule has 9 heteroatoms. The van der Waals surface area contributed by atoms with Crippen molar-refractivity contribution in [1.29, 1.82) is 0 Å². The zero-order valence-corrected chi connectivity index (χ0v) is 19.5. The second kappa shape index (κ2) is 12.4. The van der Waals surface area contributed by atoms with Gasteiger partial charge in [0.05, 0.1) is 12.0 Å². The predicted molar refractivity (Wildman–Crippen MR) is 124 cm³/mol. The van der Waals surface area contributed by atoms with Crippen LogP contribution in [0.15, 0.2) is 42.5 Å². The zero-order chi connectivity index (χ0) is 24.4. The molecule has 1 N–H and O–H groups in total. The average Bonchev–Trinajstić information content (AvgIpc) is 2.81. The summed E-state index contributed by atoms with van der Waals surface area (Å²) in [7, 11) is 1.32. The maximum absolute atomic E-state index is 13.1. The Hall–Kier alpha value is -3.62. The van der Waals surface area contributed by atoms with Crippen LogP contribution in [-0.2, 0) is 16.1 Å². The van der Waals surface area contributed by atoms with Gasteiger partial charge in [-0.1, -0.05) is 37.6 Å². The molecule has 0 spiro atoms. The summed E-state index contributed by atoms with van der Waals surface area (Å²) in [6.07, 6.45) is 1.81. The summed E-state index contributed by atoms with van der Waals surface area (Å²) in [5.41, 5.74) is 1.74. The van der Waals surface area contributed by atoms with Crippen LogP contribution in [0.1, 0.15) is 37.8 Å². The van der Waals surface area contributed by atoms with E-state index in [9.17, 15) is 19.7 Å². The Morgan fingerprint density at radius 3 is 2.58 bits per heavy atom. The number of methoxy groups -OCH3 is 1. The van der Waals surface area contributed by atoms with Gasteiger partial charge >= 0.3 is 5.69 Å².